The van der Waals surface area contributed by atoms with Gasteiger partial charge in [0, 0.05) is 32.1 Å². The number of hydrogen-bond donors (Lipinski definition) is 1. The van der Waals surface area contributed by atoms with Crippen LogP contribution in [0.4, 0.5) is 4.79 Å². The average molecular weight is 432 g/mol. The molecule has 0 radical (unpaired) electrons. The summed E-state index contributed by atoms with van der Waals surface area (Å²) in [5, 5.41) is 3.07. The molecule has 3 unspecified atom stereocenters. The number of piperidine rings is 1. The number of rotatable bonds is 3. The van der Waals surface area contributed by atoms with Crippen molar-refractivity contribution in [1.29, 1.82) is 0 Å². The number of hydrogen-bond acceptors (Lipinski definition) is 5. The predicted molar refractivity (Wildman–Crippen MR) is 115 cm³/mol. The number of carbonyl (C=O) groups excluding carboxylic acids is 2. The van der Waals surface area contributed by atoms with E-state index in [1.165, 1.54) is 0 Å². The molecule has 8 heteroatoms. The third kappa shape index (κ3) is 5.06. The summed E-state index contributed by atoms with van der Waals surface area (Å²) in [6.45, 7) is 9.54. The summed E-state index contributed by atoms with van der Waals surface area (Å²) in [6.07, 6.45) is 1.54. The molecular formula is C23H33N3O5. The van der Waals surface area contributed by atoms with Crippen molar-refractivity contribution in [3.05, 3.63) is 23.8 Å². The number of likely N-dealkylation sites (tertiary alicyclic amines) is 1. The molecule has 1 aromatic carbocycles. The van der Waals surface area contributed by atoms with Crippen LogP contribution in [0.2, 0.25) is 0 Å². The van der Waals surface area contributed by atoms with Crippen molar-refractivity contribution in [3.8, 4) is 11.5 Å². The first-order valence-electron chi connectivity index (χ1n) is 11.3. The lowest BCUT2D eigenvalue weighted by Gasteiger charge is -2.39. The monoisotopic (exact) mass is 431 g/mol. The van der Waals surface area contributed by atoms with Crippen molar-refractivity contribution in [2.24, 2.45) is 5.92 Å². The van der Waals surface area contributed by atoms with E-state index in [1.807, 2.05) is 48.8 Å². The third-order valence-electron chi connectivity index (χ3n) is 6.27. The second-order valence-electron chi connectivity index (χ2n) is 8.84. The van der Waals surface area contributed by atoms with Gasteiger partial charge in [0.25, 0.3) is 0 Å². The van der Waals surface area contributed by atoms with E-state index in [-0.39, 0.29) is 36.1 Å². The summed E-state index contributed by atoms with van der Waals surface area (Å²) in [5.74, 6) is 1.64. The number of urea groups is 1. The lowest BCUT2D eigenvalue weighted by molar-refractivity contribution is -0.148. The molecule has 4 rings (SSSR count). The minimum atomic E-state index is -0.154. The van der Waals surface area contributed by atoms with Gasteiger partial charge < -0.3 is 29.3 Å². The second kappa shape index (κ2) is 9.34. The summed E-state index contributed by atoms with van der Waals surface area (Å²) in [7, 11) is 0. The Bertz CT molecular complexity index is 798. The zero-order valence-electron chi connectivity index (χ0n) is 18.6. The standard InChI is InChI=1S/C23H33N3O5/c1-15-13-26(14-16(2)31-15)22(27)18-6-8-25(9-7-18)23(28)24-17(3)19-4-5-20-21(12-19)30-11-10-29-20/h4-5,12,15-18H,6-11,13-14H2,1-3H3,(H,24,28). The van der Waals surface area contributed by atoms with Gasteiger partial charge in [-0.15, -0.1) is 0 Å². The maximum absolute atomic E-state index is 12.9. The van der Waals surface area contributed by atoms with Crippen LogP contribution in [0.1, 0.15) is 45.2 Å². The van der Waals surface area contributed by atoms with Crippen molar-refractivity contribution >= 4 is 11.9 Å². The quantitative estimate of drug-likeness (QED) is 0.796. The van der Waals surface area contributed by atoms with Crippen LogP contribution in [0, 0.1) is 5.92 Å². The molecule has 2 saturated heterocycles. The molecule has 1 N–H and O–H groups in total. The highest BCUT2D eigenvalue weighted by molar-refractivity contribution is 5.80. The number of carbonyl (C=O) groups is 2. The number of morpholine rings is 1. The summed E-state index contributed by atoms with van der Waals surface area (Å²) in [6, 6.07) is 5.51. The first kappa shape index (κ1) is 21.7. The zero-order valence-corrected chi connectivity index (χ0v) is 18.6. The molecule has 0 bridgehead atoms. The molecule has 31 heavy (non-hydrogen) atoms. The first-order valence-corrected chi connectivity index (χ1v) is 11.3. The molecule has 0 saturated carbocycles. The van der Waals surface area contributed by atoms with E-state index in [2.05, 4.69) is 5.32 Å². The minimum absolute atomic E-state index is 0.0169. The predicted octanol–water partition coefficient (Wildman–Crippen LogP) is 2.58. The van der Waals surface area contributed by atoms with Gasteiger partial charge in [-0.05, 0) is 51.3 Å². The highest BCUT2D eigenvalue weighted by Gasteiger charge is 2.33. The largest absolute Gasteiger partial charge is 0.486 e. The molecule has 0 spiro atoms. The van der Waals surface area contributed by atoms with Gasteiger partial charge in [-0.1, -0.05) is 6.07 Å². The van der Waals surface area contributed by atoms with Gasteiger partial charge in [0.05, 0.1) is 18.2 Å². The molecule has 3 amide bonds. The number of benzene rings is 1. The van der Waals surface area contributed by atoms with Gasteiger partial charge in [0.2, 0.25) is 5.91 Å². The summed E-state index contributed by atoms with van der Waals surface area (Å²) in [4.78, 5) is 29.5. The van der Waals surface area contributed by atoms with E-state index in [9.17, 15) is 9.59 Å². The maximum atomic E-state index is 12.9. The Balaban J connectivity index is 1.28. The Morgan fingerprint density at radius 1 is 1.00 bits per heavy atom. The highest BCUT2D eigenvalue weighted by atomic mass is 16.6. The molecule has 0 aromatic heterocycles. The Kier molecular flexibility index (Phi) is 6.55. The van der Waals surface area contributed by atoms with Crippen LogP contribution in [-0.2, 0) is 9.53 Å². The van der Waals surface area contributed by atoms with E-state index in [4.69, 9.17) is 14.2 Å². The molecule has 2 fully saturated rings. The summed E-state index contributed by atoms with van der Waals surface area (Å²) >= 11 is 0. The number of nitrogens with one attached hydrogen (secondary N) is 1. The van der Waals surface area contributed by atoms with Gasteiger partial charge >= 0.3 is 6.03 Å². The van der Waals surface area contributed by atoms with Crippen LogP contribution in [0.15, 0.2) is 18.2 Å². The van der Waals surface area contributed by atoms with Gasteiger partial charge in [0.15, 0.2) is 11.5 Å². The summed E-state index contributed by atoms with van der Waals surface area (Å²) in [5.41, 5.74) is 0.971. The van der Waals surface area contributed by atoms with E-state index in [0.717, 1.165) is 17.1 Å². The highest BCUT2D eigenvalue weighted by Crippen LogP contribution is 2.32. The van der Waals surface area contributed by atoms with Crippen LogP contribution in [0.3, 0.4) is 0 Å². The van der Waals surface area contributed by atoms with Crippen molar-refractivity contribution in [2.75, 3.05) is 39.4 Å². The third-order valence-corrected chi connectivity index (χ3v) is 6.27. The average Bonchev–Trinajstić information content (AvgIpc) is 2.77. The molecule has 3 aliphatic rings. The summed E-state index contributed by atoms with van der Waals surface area (Å²) < 4.78 is 16.9. The molecular weight excluding hydrogens is 398 g/mol. The van der Waals surface area contributed by atoms with Crippen molar-refractivity contribution in [1.82, 2.24) is 15.1 Å². The lowest BCUT2D eigenvalue weighted by atomic mass is 9.95. The van der Waals surface area contributed by atoms with Crippen LogP contribution in [-0.4, -0.2) is 73.3 Å². The Morgan fingerprint density at radius 2 is 1.65 bits per heavy atom. The SMILES string of the molecule is CC1CN(C(=O)C2CCN(C(=O)NC(C)c3ccc4c(c3)OCCO4)CC2)CC(C)O1. The van der Waals surface area contributed by atoms with Crippen LogP contribution < -0.4 is 14.8 Å². The second-order valence-corrected chi connectivity index (χ2v) is 8.84. The van der Waals surface area contributed by atoms with Crippen LogP contribution >= 0.6 is 0 Å². The number of nitrogens with zero attached hydrogens (tertiary/aromatic N) is 2. The van der Waals surface area contributed by atoms with Crippen molar-refractivity contribution < 1.29 is 23.8 Å². The van der Waals surface area contributed by atoms with Gasteiger partial charge in [-0.25, -0.2) is 4.79 Å². The minimum Gasteiger partial charge on any atom is -0.486 e. The molecule has 1 aromatic rings. The molecule has 0 aliphatic carbocycles. The first-order chi connectivity index (χ1) is 14.9. The van der Waals surface area contributed by atoms with E-state index in [1.54, 1.807) is 0 Å². The zero-order chi connectivity index (χ0) is 22.0. The molecule has 170 valence electrons. The molecule has 3 atom stereocenters. The molecule has 3 heterocycles. The van der Waals surface area contributed by atoms with E-state index >= 15 is 0 Å². The fourth-order valence-corrected chi connectivity index (χ4v) is 4.63. The smallest absolute Gasteiger partial charge is 0.317 e. The number of amides is 3. The van der Waals surface area contributed by atoms with Crippen molar-refractivity contribution in [3.63, 3.8) is 0 Å². The number of ether oxygens (including phenoxy) is 3. The lowest BCUT2D eigenvalue weighted by Crippen LogP contribution is -2.52. The molecule has 3 aliphatic heterocycles. The van der Waals surface area contributed by atoms with Gasteiger partial charge in [0.1, 0.15) is 13.2 Å². The fraction of sp³-hybridized carbons (Fsp3) is 0.652. The van der Waals surface area contributed by atoms with Gasteiger partial charge in [-0.2, -0.15) is 0 Å². The fourth-order valence-electron chi connectivity index (χ4n) is 4.63. The Hall–Kier alpha value is -2.48. The topological polar surface area (TPSA) is 80.3 Å². The normalized spacial score (nSPS) is 25.1. The van der Waals surface area contributed by atoms with Crippen LogP contribution in [0.25, 0.3) is 0 Å². The van der Waals surface area contributed by atoms with E-state index < -0.39 is 0 Å². The van der Waals surface area contributed by atoms with Crippen LogP contribution in [0.5, 0.6) is 11.5 Å². The maximum Gasteiger partial charge on any atom is 0.317 e. The van der Waals surface area contributed by atoms with Crippen molar-refractivity contribution in [2.45, 2.75) is 51.9 Å². The Labute approximate surface area is 183 Å². The van der Waals surface area contributed by atoms with Gasteiger partial charge in [-0.3, -0.25) is 4.79 Å². The molecule has 8 nitrogen and oxygen atoms in total. The Morgan fingerprint density at radius 3 is 2.32 bits per heavy atom. The number of fused-ring (bicyclic) bond motifs is 1. The van der Waals surface area contributed by atoms with E-state index in [0.29, 0.717) is 52.2 Å².